The van der Waals surface area contributed by atoms with Gasteiger partial charge in [0.15, 0.2) is 11.4 Å². The lowest BCUT2D eigenvalue weighted by Crippen LogP contribution is -2.65. The first-order valence-corrected chi connectivity index (χ1v) is 14.6. The number of phenolic OH excluding ortho intramolecular Hbond substituents is 1. The standard InChI is InChI=1S/C33H39N3O8/c1-35(2)21-15-17(11-8-10-16-9-6-7-12-22(16)44-5)27(37)24-19(21)13-18-14-20-26(36(3)4)29(39)25(32(34)42)31(41)33(20,43)30(40)23(18)28(24)38/h6-7,9,12,15,18,20,26,37-38,41,43H,8,10-11,13-14H2,1-5H3,(H2,34,42). The Morgan fingerprint density at radius 1 is 1.07 bits per heavy atom. The third kappa shape index (κ3) is 4.62. The molecule has 0 heterocycles. The number of aliphatic hydroxyl groups is 3. The van der Waals surface area contributed by atoms with Crippen molar-refractivity contribution in [3.8, 4) is 11.5 Å². The van der Waals surface area contributed by atoms with E-state index in [2.05, 4.69) is 0 Å². The van der Waals surface area contributed by atoms with Crippen LogP contribution in [0.1, 0.15) is 35.1 Å². The number of nitrogens with two attached hydrogens (primary N) is 1. The first kappa shape index (κ1) is 31.1. The van der Waals surface area contributed by atoms with Crippen molar-refractivity contribution in [2.75, 3.05) is 40.2 Å². The number of carbonyl (C=O) groups excluding carboxylic acids is 3. The third-order valence-corrected chi connectivity index (χ3v) is 9.34. The van der Waals surface area contributed by atoms with Gasteiger partial charge in [-0.2, -0.15) is 0 Å². The molecule has 1 saturated carbocycles. The van der Waals surface area contributed by atoms with E-state index in [1.165, 1.54) is 4.90 Å². The maximum atomic E-state index is 14.1. The molecule has 3 aliphatic carbocycles. The lowest BCUT2D eigenvalue weighted by atomic mass is 9.57. The van der Waals surface area contributed by atoms with Crippen LogP contribution < -0.4 is 15.4 Å². The van der Waals surface area contributed by atoms with Gasteiger partial charge in [0.2, 0.25) is 5.78 Å². The highest BCUT2D eigenvalue weighted by molar-refractivity contribution is 6.24. The number of carbonyl (C=O) groups is 3. The second-order valence-corrected chi connectivity index (χ2v) is 12.3. The van der Waals surface area contributed by atoms with Crippen molar-refractivity contribution < 1.29 is 39.5 Å². The Bertz CT molecular complexity index is 1620. The van der Waals surface area contributed by atoms with E-state index in [1.54, 1.807) is 21.2 Å². The first-order valence-electron chi connectivity index (χ1n) is 14.6. The van der Waals surface area contributed by atoms with Crippen LogP contribution in [0.15, 0.2) is 47.2 Å². The Hall–Kier alpha value is -4.35. The second-order valence-electron chi connectivity index (χ2n) is 12.3. The number of rotatable bonds is 8. The Kier molecular flexibility index (Phi) is 7.98. The quantitative estimate of drug-likeness (QED) is 0.281. The number of aromatic hydroxyl groups is 1. The van der Waals surface area contributed by atoms with Crippen LogP contribution in [0.4, 0.5) is 5.69 Å². The number of methoxy groups -OCH3 is 1. The summed E-state index contributed by atoms with van der Waals surface area (Å²) in [7, 11) is 8.46. The van der Waals surface area contributed by atoms with E-state index in [-0.39, 0.29) is 29.7 Å². The van der Waals surface area contributed by atoms with Gasteiger partial charge in [-0.25, -0.2) is 0 Å². The number of hydrogen-bond acceptors (Lipinski definition) is 10. The second kappa shape index (κ2) is 11.3. The summed E-state index contributed by atoms with van der Waals surface area (Å²) in [6.07, 6.45) is 2.08. The normalized spacial score (nSPS) is 24.7. The lowest BCUT2D eigenvalue weighted by molar-refractivity contribution is -0.153. The number of hydrogen-bond donors (Lipinski definition) is 5. The zero-order chi connectivity index (χ0) is 32.2. The van der Waals surface area contributed by atoms with E-state index in [0.29, 0.717) is 30.4 Å². The number of phenols is 1. The number of fused-ring (bicyclic) bond motifs is 3. The first-order chi connectivity index (χ1) is 20.7. The van der Waals surface area contributed by atoms with Gasteiger partial charge < -0.3 is 35.8 Å². The maximum Gasteiger partial charge on any atom is 0.255 e. The van der Waals surface area contributed by atoms with E-state index in [1.807, 2.05) is 49.3 Å². The van der Waals surface area contributed by atoms with E-state index in [4.69, 9.17) is 10.5 Å². The number of para-hydroxylation sites is 1. The summed E-state index contributed by atoms with van der Waals surface area (Å²) in [4.78, 5) is 43.0. The molecular formula is C33H39N3O8. The van der Waals surface area contributed by atoms with Crippen LogP contribution >= 0.6 is 0 Å². The molecule has 0 spiro atoms. The molecule has 44 heavy (non-hydrogen) atoms. The number of likely N-dealkylation sites (N-methyl/N-ethyl adjacent to an activating group) is 1. The van der Waals surface area contributed by atoms with Gasteiger partial charge in [0.05, 0.1) is 18.7 Å². The largest absolute Gasteiger partial charge is 0.508 e. The summed E-state index contributed by atoms with van der Waals surface area (Å²) in [5.41, 5.74) is 4.82. The molecule has 2 aromatic rings. The molecule has 0 aromatic heterocycles. The Morgan fingerprint density at radius 3 is 2.34 bits per heavy atom. The molecule has 0 saturated heterocycles. The molecule has 4 unspecified atom stereocenters. The van der Waals surface area contributed by atoms with Gasteiger partial charge >= 0.3 is 0 Å². The molecule has 0 bridgehead atoms. The number of anilines is 1. The van der Waals surface area contributed by atoms with Crippen LogP contribution in [0, 0.1) is 11.8 Å². The molecule has 6 N–H and O–H groups in total. The number of ketones is 2. The summed E-state index contributed by atoms with van der Waals surface area (Å²) >= 11 is 0. The minimum absolute atomic E-state index is 0.0417. The Labute approximate surface area is 255 Å². The van der Waals surface area contributed by atoms with Crippen molar-refractivity contribution in [3.63, 3.8) is 0 Å². The molecule has 3 aliphatic rings. The van der Waals surface area contributed by atoms with E-state index in [0.717, 1.165) is 17.0 Å². The van der Waals surface area contributed by atoms with Crippen molar-refractivity contribution in [3.05, 3.63) is 69.5 Å². The monoisotopic (exact) mass is 605 g/mol. The van der Waals surface area contributed by atoms with Crippen LogP contribution in [0.3, 0.4) is 0 Å². The smallest absolute Gasteiger partial charge is 0.255 e. The lowest BCUT2D eigenvalue weighted by Gasteiger charge is -2.50. The van der Waals surface area contributed by atoms with Crippen LogP contribution in [-0.2, 0) is 33.6 Å². The summed E-state index contributed by atoms with van der Waals surface area (Å²) in [5.74, 6) is -5.80. The third-order valence-electron chi connectivity index (χ3n) is 9.34. The summed E-state index contributed by atoms with van der Waals surface area (Å²) in [5, 5.41) is 46.1. The SMILES string of the molecule is COc1ccccc1CCCc1cc(N(C)C)c2c(c1O)C(O)=C1C(=O)C3(O)C(O)=C(C(N)=O)C(=O)C(N(C)C)C3CC1C2. The number of Topliss-reactive ketones (excluding diaryl/α,β-unsaturated/α-hetero) is 2. The van der Waals surface area contributed by atoms with Gasteiger partial charge in [0.1, 0.15) is 28.6 Å². The minimum Gasteiger partial charge on any atom is -0.508 e. The highest BCUT2D eigenvalue weighted by Gasteiger charge is 2.64. The number of aliphatic hydroxyl groups excluding tert-OH is 2. The predicted octanol–water partition coefficient (Wildman–Crippen LogP) is 2.21. The molecule has 11 heteroatoms. The van der Waals surface area contributed by atoms with Crippen molar-refractivity contribution in [1.82, 2.24) is 4.90 Å². The van der Waals surface area contributed by atoms with Gasteiger partial charge in [0.25, 0.3) is 5.91 Å². The molecule has 2 aromatic carbocycles. The van der Waals surface area contributed by atoms with Gasteiger partial charge in [-0.15, -0.1) is 0 Å². The molecule has 11 nitrogen and oxygen atoms in total. The fraction of sp³-hybridized carbons (Fsp3) is 0.424. The average molecular weight is 606 g/mol. The molecule has 234 valence electrons. The molecule has 0 aliphatic heterocycles. The summed E-state index contributed by atoms with van der Waals surface area (Å²) < 4.78 is 5.45. The summed E-state index contributed by atoms with van der Waals surface area (Å²) in [6, 6.07) is 8.45. The van der Waals surface area contributed by atoms with Gasteiger partial charge in [0, 0.05) is 31.3 Å². The van der Waals surface area contributed by atoms with Crippen molar-refractivity contribution in [2.45, 2.75) is 43.7 Å². The fourth-order valence-corrected chi connectivity index (χ4v) is 7.31. The van der Waals surface area contributed by atoms with Gasteiger partial charge in [-0.1, -0.05) is 18.2 Å². The van der Waals surface area contributed by atoms with Crippen molar-refractivity contribution >= 4 is 28.9 Å². The fourth-order valence-electron chi connectivity index (χ4n) is 7.31. The van der Waals surface area contributed by atoms with Crippen LogP contribution in [0.5, 0.6) is 11.5 Å². The Morgan fingerprint density at radius 2 is 1.73 bits per heavy atom. The van der Waals surface area contributed by atoms with E-state index in [9.17, 15) is 34.8 Å². The van der Waals surface area contributed by atoms with Crippen molar-refractivity contribution in [1.29, 1.82) is 0 Å². The number of aryl methyl sites for hydroxylation is 2. The minimum atomic E-state index is -2.67. The van der Waals surface area contributed by atoms with Crippen LogP contribution in [0.25, 0.3) is 5.76 Å². The number of ether oxygens (including phenoxy) is 1. The highest BCUT2D eigenvalue weighted by atomic mass is 16.5. The zero-order valence-corrected chi connectivity index (χ0v) is 25.5. The van der Waals surface area contributed by atoms with Crippen LogP contribution in [0.2, 0.25) is 0 Å². The zero-order valence-electron chi connectivity index (χ0n) is 25.5. The molecule has 0 radical (unpaired) electrons. The molecule has 5 rings (SSSR count). The molecule has 4 atom stereocenters. The molecule has 1 amide bonds. The van der Waals surface area contributed by atoms with Crippen molar-refractivity contribution in [2.24, 2.45) is 17.6 Å². The van der Waals surface area contributed by atoms with E-state index < -0.39 is 58.0 Å². The van der Waals surface area contributed by atoms with Gasteiger partial charge in [-0.05, 0) is 80.9 Å². The average Bonchev–Trinajstić information content (AvgIpc) is 2.95. The highest BCUT2D eigenvalue weighted by Crippen LogP contribution is 2.54. The number of benzene rings is 2. The van der Waals surface area contributed by atoms with Gasteiger partial charge in [-0.3, -0.25) is 19.3 Å². The summed E-state index contributed by atoms with van der Waals surface area (Å²) in [6.45, 7) is 0. The number of amides is 1. The maximum absolute atomic E-state index is 14.1. The predicted molar refractivity (Wildman–Crippen MR) is 164 cm³/mol. The molecular weight excluding hydrogens is 566 g/mol. The van der Waals surface area contributed by atoms with Crippen LogP contribution in [-0.4, -0.2) is 89.7 Å². The number of nitrogens with zero attached hydrogens (tertiary/aromatic N) is 2. The van der Waals surface area contributed by atoms with E-state index >= 15 is 0 Å². The molecule has 1 fully saturated rings. The Balaban J connectivity index is 1.61. The number of primary amides is 1. The topological polar surface area (TPSA) is 174 Å².